The van der Waals surface area contributed by atoms with Crippen molar-refractivity contribution in [1.29, 1.82) is 5.26 Å². The zero-order valence-electron chi connectivity index (χ0n) is 10.5. The quantitative estimate of drug-likeness (QED) is 0.735. The van der Waals surface area contributed by atoms with Gasteiger partial charge < -0.3 is 10.1 Å². The smallest absolute Gasteiger partial charge is 0.127 e. The monoisotopic (exact) mass is 233 g/mol. The maximum Gasteiger partial charge on any atom is 0.127 e. The van der Waals surface area contributed by atoms with Gasteiger partial charge in [-0.25, -0.2) is 4.98 Å². The number of pyridine rings is 1. The van der Waals surface area contributed by atoms with Gasteiger partial charge in [0.1, 0.15) is 5.82 Å². The first-order valence-corrected chi connectivity index (χ1v) is 5.96. The average molecular weight is 233 g/mol. The van der Waals surface area contributed by atoms with Crippen LogP contribution in [0.2, 0.25) is 0 Å². The summed E-state index contributed by atoms with van der Waals surface area (Å²) in [7, 11) is 0. The number of nitriles is 1. The van der Waals surface area contributed by atoms with Gasteiger partial charge in [0.15, 0.2) is 0 Å². The molecule has 0 saturated heterocycles. The fraction of sp³-hybridized carbons (Fsp3) is 0.538. The molecule has 0 aromatic carbocycles. The molecule has 1 rings (SSSR count). The van der Waals surface area contributed by atoms with Crippen molar-refractivity contribution in [3.8, 4) is 6.07 Å². The van der Waals surface area contributed by atoms with Crippen LogP contribution in [-0.4, -0.2) is 24.7 Å². The van der Waals surface area contributed by atoms with E-state index in [0.29, 0.717) is 5.56 Å². The van der Waals surface area contributed by atoms with Gasteiger partial charge in [-0.05, 0) is 31.9 Å². The van der Waals surface area contributed by atoms with Crippen LogP contribution in [0.1, 0.15) is 31.0 Å². The van der Waals surface area contributed by atoms with Gasteiger partial charge in [-0.1, -0.05) is 6.92 Å². The minimum Gasteiger partial charge on any atom is -0.381 e. The molecule has 0 aliphatic heterocycles. The Morgan fingerprint density at radius 2 is 2.24 bits per heavy atom. The SMILES string of the molecule is CCCOCCCNc1cc(C#N)cc(C)n1. The van der Waals surface area contributed by atoms with Crippen molar-refractivity contribution < 1.29 is 4.74 Å². The van der Waals surface area contributed by atoms with E-state index in [1.165, 1.54) is 0 Å². The topological polar surface area (TPSA) is 57.9 Å². The van der Waals surface area contributed by atoms with Crippen LogP contribution in [0.5, 0.6) is 0 Å². The summed E-state index contributed by atoms with van der Waals surface area (Å²) < 4.78 is 5.38. The molecule has 0 spiro atoms. The summed E-state index contributed by atoms with van der Waals surface area (Å²) in [4.78, 5) is 4.31. The molecule has 0 unspecified atom stereocenters. The number of nitrogens with one attached hydrogen (secondary N) is 1. The van der Waals surface area contributed by atoms with E-state index in [1.54, 1.807) is 12.1 Å². The Balaban J connectivity index is 2.32. The Morgan fingerprint density at radius 3 is 2.94 bits per heavy atom. The van der Waals surface area contributed by atoms with Gasteiger partial charge in [-0.3, -0.25) is 0 Å². The van der Waals surface area contributed by atoms with Crippen LogP contribution in [0.4, 0.5) is 5.82 Å². The molecule has 0 fully saturated rings. The molecule has 1 aromatic heterocycles. The van der Waals surface area contributed by atoms with Crippen molar-refractivity contribution >= 4 is 5.82 Å². The van der Waals surface area contributed by atoms with Crippen molar-refractivity contribution in [2.24, 2.45) is 0 Å². The Labute approximate surface area is 103 Å². The predicted molar refractivity (Wildman–Crippen MR) is 67.9 cm³/mol. The van der Waals surface area contributed by atoms with Gasteiger partial charge in [0.05, 0.1) is 11.6 Å². The zero-order chi connectivity index (χ0) is 12.5. The van der Waals surface area contributed by atoms with Gasteiger partial charge >= 0.3 is 0 Å². The highest BCUT2D eigenvalue weighted by molar-refractivity contribution is 5.44. The van der Waals surface area contributed by atoms with E-state index in [2.05, 4.69) is 23.3 Å². The van der Waals surface area contributed by atoms with Crippen LogP contribution < -0.4 is 5.32 Å². The Hall–Kier alpha value is -1.60. The lowest BCUT2D eigenvalue weighted by Crippen LogP contribution is -2.07. The number of anilines is 1. The molecule has 0 aliphatic carbocycles. The summed E-state index contributed by atoms with van der Waals surface area (Å²) in [5.74, 6) is 0.761. The second-order valence-corrected chi connectivity index (χ2v) is 3.89. The Morgan fingerprint density at radius 1 is 1.41 bits per heavy atom. The van der Waals surface area contributed by atoms with Gasteiger partial charge in [-0.15, -0.1) is 0 Å². The van der Waals surface area contributed by atoms with Crippen LogP contribution in [-0.2, 0) is 4.74 Å². The molecular weight excluding hydrogens is 214 g/mol. The largest absolute Gasteiger partial charge is 0.381 e. The van der Waals surface area contributed by atoms with Crippen LogP contribution in [0, 0.1) is 18.3 Å². The fourth-order valence-corrected chi connectivity index (χ4v) is 1.46. The minimum atomic E-state index is 0.641. The summed E-state index contributed by atoms with van der Waals surface area (Å²) in [6, 6.07) is 5.66. The third-order valence-electron chi connectivity index (χ3n) is 2.20. The standard InChI is InChI=1S/C13H19N3O/c1-3-6-17-7-4-5-15-13-9-12(10-14)8-11(2)16-13/h8-9H,3-7H2,1-2H3,(H,15,16). The first-order chi connectivity index (χ1) is 8.26. The average Bonchev–Trinajstić information content (AvgIpc) is 2.33. The summed E-state index contributed by atoms with van der Waals surface area (Å²) in [6.07, 6.45) is 2.00. The maximum absolute atomic E-state index is 8.83. The van der Waals surface area contributed by atoms with Gasteiger partial charge in [0.25, 0.3) is 0 Å². The van der Waals surface area contributed by atoms with Crippen molar-refractivity contribution in [3.05, 3.63) is 23.4 Å². The van der Waals surface area contributed by atoms with Crippen molar-refractivity contribution in [3.63, 3.8) is 0 Å². The highest BCUT2D eigenvalue weighted by atomic mass is 16.5. The molecule has 0 bridgehead atoms. The summed E-state index contributed by atoms with van der Waals surface area (Å²) in [5, 5.41) is 12.0. The highest BCUT2D eigenvalue weighted by Crippen LogP contribution is 2.08. The molecule has 0 radical (unpaired) electrons. The zero-order valence-corrected chi connectivity index (χ0v) is 10.5. The lowest BCUT2D eigenvalue weighted by molar-refractivity contribution is 0.134. The molecule has 4 heteroatoms. The second kappa shape index (κ2) is 7.64. The molecule has 0 amide bonds. The van der Waals surface area contributed by atoms with E-state index < -0.39 is 0 Å². The Bertz CT molecular complexity index is 385. The number of hydrogen-bond donors (Lipinski definition) is 1. The van der Waals surface area contributed by atoms with E-state index in [-0.39, 0.29) is 0 Å². The number of hydrogen-bond acceptors (Lipinski definition) is 4. The van der Waals surface area contributed by atoms with Crippen LogP contribution in [0.3, 0.4) is 0 Å². The van der Waals surface area contributed by atoms with Crippen molar-refractivity contribution in [1.82, 2.24) is 4.98 Å². The molecule has 0 saturated carbocycles. The van der Waals surface area contributed by atoms with Crippen molar-refractivity contribution in [2.75, 3.05) is 25.1 Å². The third-order valence-corrected chi connectivity index (χ3v) is 2.20. The normalized spacial score (nSPS) is 9.94. The lowest BCUT2D eigenvalue weighted by Gasteiger charge is -2.07. The number of nitrogens with zero attached hydrogens (tertiary/aromatic N) is 2. The van der Waals surface area contributed by atoms with E-state index >= 15 is 0 Å². The summed E-state index contributed by atoms with van der Waals surface area (Å²) >= 11 is 0. The van der Waals surface area contributed by atoms with E-state index in [9.17, 15) is 0 Å². The molecule has 1 heterocycles. The number of aryl methyl sites for hydroxylation is 1. The maximum atomic E-state index is 8.83. The van der Waals surface area contributed by atoms with Crippen LogP contribution in [0.15, 0.2) is 12.1 Å². The second-order valence-electron chi connectivity index (χ2n) is 3.89. The summed E-state index contributed by atoms with van der Waals surface area (Å²) in [5.41, 5.74) is 1.50. The van der Waals surface area contributed by atoms with Gasteiger partial charge in [0, 0.05) is 25.5 Å². The van der Waals surface area contributed by atoms with E-state index in [0.717, 1.165) is 44.1 Å². The first-order valence-electron chi connectivity index (χ1n) is 5.96. The molecule has 1 aromatic rings. The molecule has 0 atom stereocenters. The predicted octanol–water partition coefficient (Wildman–Crippen LogP) is 2.49. The van der Waals surface area contributed by atoms with E-state index in [4.69, 9.17) is 10.00 Å². The number of aromatic nitrogens is 1. The highest BCUT2D eigenvalue weighted by Gasteiger charge is 1.98. The minimum absolute atomic E-state index is 0.641. The fourth-order valence-electron chi connectivity index (χ4n) is 1.46. The van der Waals surface area contributed by atoms with Gasteiger partial charge in [-0.2, -0.15) is 5.26 Å². The van der Waals surface area contributed by atoms with E-state index in [1.807, 2.05) is 6.92 Å². The molecule has 17 heavy (non-hydrogen) atoms. The van der Waals surface area contributed by atoms with Crippen LogP contribution in [0.25, 0.3) is 0 Å². The van der Waals surface area contributed by atoms with Crippen molar-refractivity contribution in [2.45, 2.75) is 26.7 Å². The number of rotatable bonds is 7. The van der Waals surface area contributed by atoms with Crippen LogP contribution >= 0.6 is 0 Å². The molecule has 1 N–H and O–H groups in total. The van der Waals surface area contributed by atoms with Gasteiger partial charge in [0.2, 0.25) is 0 Å². The lowest BCUT2D eigenvalue weighted by atomic mass is 10.2. The first kappa shape index (κ1) is 13.5. The third kappa shape index (κ3) is 5.32. The molecule has 4 nitrogen and oxygen atoms in total. The molecular formula is C13H19N3O. The Kier molecular flexibility index (Phi) is 6.05. The summed E-state index contributed by atoms with van der Waals surface area (Å²) in [6.45, 7) is 6.37. The number of ether oxygens (including phenoxy) is 1. The molecule has 0 aliphatic rings. The molecule has 92 valence electrons.